The number of hydrogen-bond donors (Lipinski definition) is 1. The van der Waals surface area contributed by atoms with Crippen LogP contribution in [0.4, 0.5) is 5.13 Å². The maximum absolute atomic E-state index is 13.6. The average molecular weight is 547 g/mol. The molecule has 0 unspecified atom stereocenters. The highest BCUT2D eigenvalue weighted by Gasteiger charge is 2.40. The maximum atomic E-state index is 13.6. The van der Waals surface area contributed by atoms with Crippen LogP contribution in [-0.2, 0) is 15.2 Å². The first-order valence-electron chi connectivity index (χ1n) is 12.3. The molecule has 0 fully saturated rings. The van der Waals surface area contributed by atoms with Crippen molar-refractivity contribution in [3.8, 4) is 0 Å². The molecule has 9 nitrogen and oxygen atoms in total. The van der Waals surface area contributed by atoms with Crippen LogP contribution in [-0.4, -0.2) is 31.8 Å². The van der Waals surface area contributed by atoms with Crippen LogP contribution in [0.1, 0.15) is 22.4 Å². The highest BCUT2D eigenvalue weighted by molar-refractivity contribution is 7.13. The van der Waals surface area contributed by atoms with Gasteiger partial charge in [0.25, 0.3) is 0 Å². The number of oxime groups is 1. The number of anilines is 1. The minimum absolute atomic E-state index is 0.181. The summed E-state index contributed by atoms with van der Waals surface area (Å²) >= 11 is 1.17. The van der Waals surface area contributed by atoms with Gasteiger partial charge in [0, 0.05) is 22.1 Å². The number of rotatable bonds is 8. The number of nitrogens with two attached hydrogens (primary N) is 1. The van der Waals surface area contributed by atoms with Crippen molar-refractivity contribution in [2.24, 2.45) is 5.16 Å². The SMILES string of the molecule is Nc1nc(/C(=N/OC(c2ccccc2)(c2ccccc2)c2ccccc2)C(=O)On2nnc3ccccc32)cs1. The van der Waals surface area contributed by atoms with E-state index in [1.165, 1.54) is 11.3 Å². The Hall–Kier alpha value is -5.35. The van der Waals surface area contributed by atoms with Gasteiger partial charge in [0.2, 0.25) is 11.3 Å². The fraction of sp³-hybridized carbons (Fsp3) is 0.0333. The topological polar surface area (TPSA) is 118 Å². The molecular formula is C30H22N6O3S. The molecule has 0 amide bonds. The average Bonchev–Trinajstić information content (AvgIpc) is 3.63. The molecule has 0 saturated heterocycles. The lowest BCUT2D eigenvalue weighted by molar-refractivity contribution is -0.137. The molecule has 0 saturated carbocycles. The molecule has 0 aliphatic heterocycles. The molecule has 4 aromatic carbocycles. The van der Waals surface area contributed by atoms with Gasteiger partial charge in [0.1, 0.15) is 16.7 Å². The van der Waals surface area contributed by atoms with Crippen molar-refractivity contribution < 1.29 is 14.5 Å². The molecule has 0 radical (unpaired) electrons. The van der Waals surface area contributed by atoms with Crippen LogP contribution in [0.2, 0.25) is 0 Å². The highest BCUT2D eigenvalue weighted by atomic mass is 32.1. The third-order valence-corrected chi connectivity index (χ3v) is 6.94. The second-order valence-electron chi connectivity index (χ2n) is 8.71. The number of para-hydroxylation sites is 1. The van der Waals surface area contributed by atoms with Crippen molar-refractivity contribution in [1.82, 2.24) is 20.1 Å². The van der Waals surface area contributed by atoms with Crippen molar-refractivity contribution in [2.75, 3.05) is 5.73 Å². The van der Waals surface area contributed by atoms with Gasteiger partial charge >= 0.3 is 5.97 Å². The van der Waals surface area contributed by atoms with Gasteiger partial charge in [-0.3, -0.25) is 0 Å². The van der Waals surface area contributed by atoms with E-state index in [-0.39, 0.29) is 16.5 Å². The molecule has 2 heterocycles. The maximum Gasteiger partial charge on any atom is 0.389 e. The first kappa shape index (κ1) is 25.0. The monoisotopic (exact) mass is 546 g/mol. The predicted octanol–water partition coefficient (Wildman–Crippen LogP) is 4.84. The first-order valence-corrected chi connectivity index (χ1v) is 13.2. The highest BCUT2D eigenvalue weighted by Crippen LogP contribution is 2.40. The molecule has 0 bridgehead atoms. The van der Waals surface area contributed by atoms with E-state index in [0.29, 0.717) is 11.0 Å². The Morgan fingerprint density at radius 3 is 1.90 bits per heavy atom. The zero-order valence-corrected chi connectivity index (χ0v) is 21.8. The van der Waals surface area contributed by atoms with E-state index in [0.717, 1.165) is 21.5 Å². The second kappa shape index (κ2) is 10.8. The van der Waals surface area contributed by atoms with Gasteiger partial charge in [-0.2, -0.15) is 0 Å². The summed E-state index contributed by atoms with van der Waals surface area (Å²) in [6.07, 6.45) is 0. The van der Waals surface area contributed by atoms with Gasteiger partial charge in [-0.05, 0) is 17.3 Å². The lowest BCUT2D eigenvalue weighted by Gasteiger charge is -2.33. The fourth-order valence-corrected chi connectivity index (χ4v) is 4.96. The molecular weight excluding hydrogens is 524 g/mol. The second-order valence-corrected chi connectivity index (χ2v) is 9.60. The minimum Gasteiger partial charge on any atom is -0.375 e. The summed E-state index contributed by atoms with van der Waals surface area (Å²) in [6, 6.07) is 36.2. The van der Waals surface area contributed by atoms with Crippen molar-refractivity contribution >= 4 is 39.2 Å². The van der Waals surface area contributed by atoms with E-state index in [1.807, 2.05) is 97.1 Å². The lowest BCUT2D eigenvalue weighted by atomic mass is 9.80. The van der Waals surface area contributed by atoms with Crippen LogP contribution >= 0.6 is 11.3 Å². The lowest BCUT2D eigenvalue weighted by Crippen LogP contribution is -2.34. The van der Waals surface area contributed by atoms with Crippen LogP contribution in [0.25, 0.3) is 11.0 Å². The van der Waals surface area contributed by atoms with Gasteiger partial charge in [-0.15, -0.1) is 16.4 Å². The Morgan fingerprint density at radius 1 is 0.800 bits per heavy atom. The molecule has 6 aromatic rings. The number of carbonyl (C=O) groups excluding carboxylic acids is 1. The molecule has 0 aliphatic rings. The van der Waals surface area contributed by atoms with E-state index in [2.05, 4.69) is 20.5 Å². The predicted molar refractivity (Wildman–Crippen MR) is 152 cm³/mol. The Labute approximate surface area is 233 Å². The van der Waals surface area contributed by atoms with Crippen LogP contribution in [0.3, 0.4) is 0 Å². The third-order valence-electron chi connectivity index (χ3n) is 6.26. The van der Waals surface area contributed by atoms with Gasteiger partial charge < -0.3 is 15.4 Å². The summed E-state index contributed by atoms with van der Waals surface area (Å²) in [5.41, 5.74) is 8.24. The van der Waals surface area contributed by atoms with E-state index >= 15 is 0 Å². The van der Waals surface area contributed by atoms with Crippen LogP contribution in [0, 0.1) is 0 Å². The van der Waals surface area contributed by atoms with Crippen molar-refractivity contribution in [3.05, 3.63) is 143 Å². The summed E-state index contributed by atoms with van der Waals surface area (Å²) in [4.78, 5) is 31.0. The third kappa shape index (κ3) is 4.67. The van der Waals surface area contributed by atoms with Gasteiger partial charge in [-0.25, -0.2) is 9.78 Å². The van der Waals surface area contributed by atoms with Gasteiger partial charge in [0.15, 0.2) is 5.13 Å². The quantitative estimate of drug-likeness (QED) is 0.126. The molecule has 196 valence electrons. The molecule has 6 rings (SSSR count). The van der Waals surface area contributed by atoms with Crippen LogP contribution in [0.15, 0.2) is 126 Å². The molecule has 40 heavy (non-hydrogen) atoms. The summed E-state index contributed by atoms with van der Waals surface area (Å²) < 4.78 is 0. The summed E-state index contributed by atoms with van der Waals surface area (Å²) in [6.45, 7) is 0. The zero-order chi connectivity index (χ0) is 27.4. The molecule has 10 heteroatoms. The van der Waals surface area contributed by atoms with Crippen molar-refractivity contribution in [2.45, 2.75) is 5.60 Å². The summed E-state index contributed by atoms with van der Waals surface area (Å²) in [7, 11) is 0. The number of aromatic nitrogens is 4. The Kier molecular flexibility index (Phi) is 6.73. The normalized spacial score (nSPS) is 11.8. The zero-order valence-electron chi connectivity index (χ0n) is 21.0. The first-order chi connectivity index (χ1) is 19.6. The Balaban J connectivity index is 1.49. The van der Waals surface area contributed by atoms with Gasteiger partial charge in [0.05, 0.1) is 0 Å². The van der Waals surface area contributed by atoms with Crippen LogP contribution in [0.5, 0.6) is 0 Å². The number of nitrogens with zero attached hydrogens (tertiary/aromatic N) is 5. The number of nitrogen functional groups attached to an aromatic ring is 1. The Morgan fingerprint density at radius 2 is 1.35 bits per heavy atom. The molecule has 0 aliphatic carbocycles. The summed E-state index contributed by atoms with van der Waals surface area (Å²) in [5, 5.41) is 14.3. The minimum atomic E-state index is -1.21. The fourth-order valence-electron chi connectivity index (χ4n) is 4.41. The smallest absolute Gasteiger partial charge is 0.375 e. The van der Waals surface area contributed by atoms with E-state index in [9.17, 15) is 4.79 Å². The van der Waals surface area contributed by atoms with Crippen LogP contribution < -0.4 is 10.6 Å². The number of thiazole rings is 1. The molecule has 2 N–H and O–H groups in total. The van der Waals surface area contributed by atoms with E-state index in [4.69, 9.17) is 15.4 Å². The molecule has 0 atom stereocenters. The van der Waals surface area contributed by atoms with Crippen molar-refractivity contribution in [3.63, 3.8) is 0 Å². The Bertz CT molecular complexity index is 1690. The number of fused-ring (bicyclic) bond motifs is 1. The number of hydrogen-bond acceptors (Lipinski definition) is 9. The molecule has 2 aromatic heterocycles. The standard InChI is InChI=1S/C30H22N6O3S/c31-29-32-25(20-40-29)27(28(37)38-36-26-19-11-10-18-24(26)33-35-36)34-39-30(21-12-4-1-5-13-21,22-14-6-2-7-15-22)23-16-8-3-9-17-23/h1-20H,(H2,31,32)/b34-27-. The van der Waals surface area contributed by atoms with Crippen molar-refractivity contribution in [1.29, 1.82) is 0 Å². The molecule has 0 spiro atoms. The summed E-state index contributed by atoms with van der Waals surface area (Å²) in [5.74, 6) is -0.843. The van der Waals surface area contributed by atoms with Gasteiger partial charge in [-0.1, -0.05) is 113 Å². The largest absolute Gasteiger partial charge is 0.389 e. The number of benzene rings is 4. The van der Waals surface area contributed by atoms with E-state index < -0.39 is 11.6 Å². The van der Waals surface area contributed by atoms with E-state index in [1.54, 1.807) is 23.6 Å². The number of carbonyl (C=O) groups is 1.